The summed E-state index contributed by atoms with van der Waals surface area (Å²) in [7, 11) is 0. The zero-order valence-corrected chi connectivity index (χ0v) is 12.5. The first kappa shape index (κ1) is 14.3. The van der Waals surface area contributed by atoms with Gasteiger partial charge in [-0.15, -0.1) is 0 Å². The molecular weight excluding hydrogens is 299 g/mol. The van der Waals surface area contributed by atoms with Gasteiger partial charge in [-0.3, -0.25) is 4.79 Å². The van der Waals surface area contributed by atoms with Crippen molar-refractivity contribution in [2.24, 2.45) is 5.92 Å². The second kappa shape index (κ2) is 5.64. The molecule has 5 heteroatoms. The van der Waals surface area contributed by atoms with Crippen LogP contribution in [-0.4, -0.2) is 31.2 Å². The molecule has 1 spiro atoms. The lowest BCUT2D eigenvalue weighted by Gasteiger charge is -2.36. The fourth-order valence-corrected chi connectivity index (χ4v) is 3.64. The maximum absolute atomic E-state index is 12.7. The van der Waals surface area contributed by atoms with Gasteiger partial charge in [0.05, 0.1) is 27.8 Å². The third-order valence-corrected chi connectivity index (χ3v) is 4.77. The normalized spacial score (nSPS) is 29.8. The number of ketones is 1. The van der Waals surface area contributed by atoms with Gasteiger partial charge in [0.2, 0.25) is 0 Å². The van der Waals surface area contributed by atoms with Gasteiger partial charge in [-0.1, -0.05) is 29.3 Å². The van der Waals surface area contributed by atoms with Gasteiger partial charge >= 0.3 is 0 Å². The smallest absolute Gasteiger partial charge is 0.169 e. The van der Waals surface area contributed by atoms with Crippen LogP contribution in [0.1, 0.15) is 29.6 Å². The largest absolute Gasteiger partial charge is 0.378 e. The molecule has 3 rings (SSSR count). The molecule has 1 aromatic rings. The van der Waals surface area contributed by atoms with Crippen molar-refractivity contribution in [2.75, 3.05) is 19.8 Å². The van der Waals surface area contributed by atoms with Gasteiger partial charge in [-0.05, 0) is 25.0 Å². The molecule has 0 radical (unpaired) electrons. The van der Waals surface area contributed by atoms with E-state index in [-0.39, 0.29) is 17.3 Å². The summed E-state index contributed by atoms with van der Waals surface area (Å²) in [6.45, 7) is 1.86. The minimum atomic E-state index is -0.285. The molecule has 2 unspecified atom stereocenters. The molecule has 0 bridgehead atoms. The van der Waals surface area contributed by atoms with Crippen LogP contribution in [0.2, 0.25) is 10.0 Å². The molecule has 3 nitrogen and oxygen atoms in total. The summed E-state index contributed by atoms with van der Waals surface area (Å²) in [4.78, 5) is 12.7. The van der Waals surface area contributed by atoms with Crippen molar-refractivity contribution < 1.29 is 14.3 Å². The summed E-state index contributed by atoms with van der Waals surface area (Å²) in [5.41, 5.74) is 0.156. The molecule has 2 atom stereocenters. The molecule has 1 aromatic carbocycles. The Kier molecular flexibility index (Phi) is 4.04. The summed E-state index contributed by atoms with van der Waals surface area (Å²) in [6.07, 6.45) is 2.25. The summed E-state index contributed by atoms with van der Waals surface area (Å²) in [5, 5.41) is 0.844. The van der Waals surface area contributed by atoms with E-state index >= 15 is 0 Å². The summed E-state index contributed by atoms with van der Waals surface area (Å²) in [5.74, 6) is -0.0713. The number of Topliss-reactive ketones (excluding diaryl/α,β-unsaturated/α-hetero) is 1. The highest BCUT2D eigenvalue weighted by Gasteiger charge is 2.43. The predicted molar refractivity (Wildman–Crippen MR) is 77.6 cm³/mol. The lowest BCUT2D eigenvalue weighted by molar-refractivity contribution is -0.0920. The zero-order valence-electron chi connectivity index (χ0n) is 11.0. The molecule has 2 heterocycles. The minimum Gasteiger partial charge on any atom is -0.378 e. The zero-order chi connectivity index (χ0) is 14.2. The van der Waals surface area contributed by atoms with Crippen molar-refractivity contribution in [3.63, 3.8) is 0 Å². The average molecular weight is 315 g/mol. The van der Waals surface area contributed by atoms with Crippen LogP contribution in [0.15, 0.2) is 18.2 Å². The Morgan fingerprint density at radius 2 is 2.00 bits per heavy atom. The lowest BCUT2D eigenvalue weighted by atomic mass is 9.81. The Bertz CT molecular complexity index is 504. The molecule has 2 aliphatic heterocycles. The van der Waals surface area contributed by atoms with Crippen LogP contribution < -0.4 is 0 Å². The van der Waals surface area contributed by atoms with Gasteiger partial charge in [0.1, 0.15) is 0 Å². The number of carbonyl (C=O) groups excluding carboxylic acids is 1. The molecule has 0 aliphatic carbocycles. The third kappa shape index (κ3) is 2.60. The van der Waals surface area contributed by atoms with Crippen molar-refractivity contribution in [1.82, 2.24) is 0 Å². The summed E-state index contributed by atoms with van der Waals surface area (Å²) >= 11 is 12.3. The first-order valence-electron chi connectivity index (χ1n) is 6.81. The molecule has 2 fully saturated rings. The Morgan fingerprint density at radius 3 is 2.65 bits per heavy atom. The van der Waals surface area contributed by atoms with E-state index in [1.807, 2.05) is 0 Å². The summed E-state index contributed by atoms with van der Waals surface area (Å²) < 4.78 is 11.3. The number of benzene rings is 1. The topological polar surface area (TPSA) is 35.5 Å². The van der Waals surface area contributed by atoms with Gasteiger partial charge in [0, 0.05) is 25.6 Å². The second-order valence-electron chi connectivity index (χ2n) is 5.48. The predicted octanol–water partition coefficient (Wildman–Crippen LogP) is 3.76. The third-order valence-electron chi connectivity index (χ3n) is 4.14. The first-order chi connectivity index (χ1) is 9.61. The molecule has 108 valence electrons. The van der Waals surface area contributed by atoms with E-state index in [4.69, 9.17) is 32.7 Å². The molecule has 0 N–H and O–H groups in total. The highest BCUT2D eigenvalue weighted by Crippen LogP contribution is 2.38. The van der Waals surface area contributed by atoms with Crippen molar-refractivity contribution in [3.05, 3.63) is 33.8 Å². The van der Waals surface area contributed by atoms with Crippen molar-refractivity contribution in [2.45, 2.75) is 24.9 Å². The number of hydrogen-bond acceptors (Lipinski definition) is 3. The van der Waals surface area contributed by atoms with Crippen molar-refractivity contribution in [3.8, 4) is 0 Å². The lowest BCUT2D eigenvalue weighted by Crippen LogP contribution is -2.42. The molecule has 0 amide bonds. The maximum atomic E-state index is 12.7. The van der Waals surface area contributed by atoms with E-state index in [1.54, 1.807) is 18.2 Å². The number of halogens is 2. The number of hydrogen-bond donors (Lipinski definition) is 0. The Morgan fingerprint density at radius 1 is 1.25 bits per heavy atom. The minimum absolute atomic E-state index is 0.0233. The highest BCUT2D eigenvalue weighted by molar-refractivity contribution is 6.39. The Balaban J connectivity index is 1.83. The quantitative estimate of drug-likeness (QED) is 0.780. The van der Waals surface area contributed by atoms with E-state index in [9.17, 15) is 4.79 Å². The van der Waals surface area contributed by atoms with Crippen LogP contribution in [0.3, 0.4) is 0 Å². The van der Waals surface area contributed by atoms with E-state index < -0.39 is 0 Å². The average Bonchev–Trinajstić information content (AvgIpc) is 2.86. The van der Waals surface area contributed by atoms with Gasteiger partial charge in [-0.2, -0.15) is 0 Å². The van der Waals surface area contributed by atoms with Crippen LogP contribution in [-0.2, 0) is 9.47 Å². The highest BCUT2D eigenvalue weighted by atomic mass is 35.5. The fourth-order valence-electron chi connectivity index (χ4n) is 3.05. The van der Waals surface area contributed by atoms with Gasteiger partial charge in [-0.25, -0.2) is 0 Å². The van der Waals surface area contributed by atoms with Crippen LogP contribution in [0, 0.1) is 5.92 Å². The van der Waals surface area contributed by atoms with Crippen molar-refractivity contribution >= 4 is 29.0 Å². The van der Waals surface area contributed by atoms with Crippen LogP contribution in [0.4, 0.5) is 0 Å². The summed E-state index contributed by atoms with van der Waals surface area (Å²) in [6, 6.07) is 5.15. The van der Waals surface area contributed by atoms with E-state index in [2.05, 4.69) is 0 Å². The van der Waals surface area contributed by atoms with Gasteiger partial charge < -0.3 is 9.47 Å². The number of rotatable bonds is 2. The SMILES string of the molecule is O=C(c1c(Cl)cccc1Cl)C1CCOC2(CCOC2)C1. The molecular formula is C15H16Cl2O3. The number of carbonyl (C=O) groups is 1. The standard InChI is InChI=1S/C15H16Cl2O3/c16-11-2-1-3-12(17)13(11)14(18)10-4-6-20-15(8-10)5-7-19-9-15/h1-3,10H,4-9H2. The van der Waals surface area contributed by atoms with Gasteiger partial charge in [0.15, 0.2) is 5.78 Å². The van der Waals surface area contributed by atoms with E-state index in [1.165, 1.54) is 0 Å². The molecule has 0 saturated carbocycles. The Hall–Kier alpha value is -0.610. The molecule has 2 saturated heterocycles. The van der Waals surface area contributed by atoms with Crippen LogP contribution >= 0.6 is 23.2 Å². The van der Waals surface area contributed by atoms with E-state index in [0.717, 1.165) is 6.42 Å². The molecule has 20 heavy (non-hydrogen) atoms. The second-order valence-corrected chi connectivity index (χ2v) is 6.30. The van der Waals surface area contributed by atoms with Crippen molar-refractivity contribution in [1.29, 1.82) is 0 Å². The Labute approximate surface area is 128 Å². The van der Waals surface area contributed by atoms with Crippen LogP contribution in [0.25, 0.3) is 0 Å². The first-order valence-corrected chi connectivity index (χ1v) is 7.57. The number of ether oxygens (including phenoxy) is 2. The molecule has 2 aliphatic rings. The monoisotopic (exact) mass is 314 g/mol. The maximum Gasteiger partial charge on any atom is 0.169 e. The fraction of sp³-hybridized carbons (Fsp3) is 0.533. The molecule has 0 aromatic heterocycles. The van der Waals surface area contributed by atoms with Crippen LogP contribution in [0.5, 0.6) is 0 Å². The van der Waals surface area contributed by atoms with E-state index in [0.29, 0.717) is 48.3 Å². The van der Waals surface area contributed by atoms with Gasteiger partial charge in [0.25, 0.3) is 0 Å².